The van der Waals surface area contributed by atoms with Crippen LogP contribution in [-0.4, -0.2) is 29.3 Å². The van der Waals surface area contributed by atoms with Gasteiger partial charge >= 0.3 is 0 Å². The fourth-order valence-electron chi connectivity index (χ4n) is 2.05. The second-order valence-electron chi connectivity index (χ2n) is 3.93. The van der Waals surface area contributed by atoms with E-state index in [2.05, 4.69) is 22.6 Å². The van der Waals surface area contributed by atoms with E-state index < -0.39 is 0 Å². The van der Waals surface area contributed by atoms with Gasteiger partial charge < -0.3 is 4.90 Å². The molecule has 1 fully saturated rings. The Labute approximate surface area is 114 Å². The average molecular weight is 350 g/mol. The number of rotatable bonds is 2. The third-order valence-electron chi connectivity index (χ3n) is 2.92. The molecule has 1 aromatic rings. The van der Waals surface area contributed by atoms with Gasteiger partial charge in [0, 0.05) is 22.0 Å². The number of likely N-dealkylation sites (tertiary alicyclic amines) is 1. The van der Waals surface area contributed by atoms with Crippen LogP contribution in [0.5, 0.6) is 0 Å². The van der Waals surface area contributed by atoms with Gasteiger partial charge in [-0.05, 0) is 47.6 Å². The minimum absolute atomic E-state index is 0.119. The Morgan fingerprint density at radius 2 is 2.25 bits per heavy atom. The fourth-order valence-corrected chi connectivity index (χ4v) is 2.99. The summed E-state index contributed by atoms with van der Waals surface area (Å²) >= 11 is 8.08. The number of carbonyl (C=O) groups excluding carboxylic acids is 1. The van der Waals surface area contributed by atoms with Crippen molar-refractivity contribution >= 4 is 40.1 Å². The monoisotopic (exact) mass is 349 g/mol. The van der Waals surface area contributed by atoms with Crippen molar-refractivity contribution in [2.75, 3.05) is 12.4 Å². The summed E-state index contributed by atoms with van der Waals surface area (Å²) in [7, 11) is 0. The number of hydrogen-bond donors (Lipinski definition) is 0. The van der Waals surface area contributed by atoms with E-state index in [1.807, 2.05) is 29.2 Å². The Kier molecular flexibility index (Phi) is 4.08. The summed E-state index contributed by atoms with van der Waals surface area (Å²) in [6.45, 7) is 0.835. The van der Waals surface area contributed by atoms with Gasteiger partial charge in [-0.1, -0.05) is 12.1 Å². The maximum atomic E-state index is 12.3. The van der Waals surface area contributed by atoms with Crippen LogP contribution in [0.2, 0.25) is 0 Å². The molecule has 1 atom stereocenters. The first-order valence-electron chi connectivity index (χ1n) is 5.35. The highest BCUT2D eigenvalue weighted by Gasteiger charge is 2.29. The maximum absolute atomic E-state index is 12.3. The lowest BCUT2D eigenvalue weighted by Gasteiger charge is -2.23. The molecule has 2 rings (SSSR count). The van der Waals surface area contributed by atoms with E-state index >= 15 is 0 Å². The van der Waals surface area contributed by atoms with E-state index in [1.165, 1.54) is 0 Å². The molecule has 1 aliphatic heterocycles. The number of halogens is 2. The second-order valence-corrected chi connectivity index (χ2v) is 5.40. The zero-order valence-electron chi connectivity index (χ0n) is 8.83. The van der Waals surface area contributed by atoms with Crippen molar-refractivity contribution in [2.45, 2.75) is 18.9 Å². The number of carbonyl (C=O) groups is 1. The lowest BCUT2D eigenvalue weighted by molar-refractivity contribution is 0.0748. The predicted octanol–water partition coefficient (Wildman–Crippen LogP) is 3.13. The molecule has 1 aromatic carbocycles. The standard InChI is InChI=1S/C12H13ClINO/c13-8-9-4-3-7-15(9)12(16)10-5-1-2-6-11(10)14/h1-2,5-6,9H,3-4,7-8H2. The Bertz CT molecular complexity index is 396. The molecule has 16 heavy (non-hydrogen) atoms. The smallest absolute Gasteiger partial charge is 0.255 e. The number of hydrogen-bond acceptors (Lipinski definition) is 1. The Balaban J connectivity index is 2.22. The van der Waals surface area contributed by atoms with Crippen molar-refractivity contribution in [1.29, 1.82) is 0 Å². The lowest BCUT2D eigenvalue weighted by Crippen LogP contribution is -2.36. The predicted molar refractivity (Wildman–Crippen MR) is 73.9 cm³/mol. The molecule has 1 saturated heterocycles. The van der Waals surface area contributed by atoms with Gasteiger partial charge in [0.25, 0.3) is 5.91 Å². The van der Waals surface area contributed by atoms with Crippen LogP contribution in [0.4, 0.5) is 0 Å². The quantitative estimate of drug-likeness (QED) is 0.593. The van der Waals surface area contributed by atoms with Crippen LogP contribution in [-0.2, 0) is 0 Å². The number of amides is 1. The van der Waals surface area contributed by atoms with Crippen molar-refractivity contribution < 1.29 is 4.79 Å². The molecule has 1 aliphatic rings. The molecule has 2 nitrogen and oxygen atoms in total. The van der Waals surface area contributed by atoms with Gasteiger partial charge in [0.2, 0.25) is 0 Å². The van der Waals surface area contributed by atoms with Crippen LogP contribution in [0, 0.1) is 3.57 Å². The average Bonchev–Trinajstić information content (AvgIpc) is 2.77. The van der Waals surface area contributed by atoms with Gasteiger partial charge in [0.1, 0.15) is 0 Å². The summed E-state index contributed by atoms with van der Waals surface area (Å²) in [6, 6.07) is 7.90. The van der Waals surface area contributed by atoms with E-state index in [9.17, 15) is 4.79 Å². The van der Waals surface area contributed by atoms with Crippen molar-refractivity contribution in [3.05, 3.63) is 33.4 Å². The molecular formula is C12H13ClINO. The molecule has 1 unspecified atom stereocenters. The van der Waals surface area contributed by atoms with Gasteiger partial charge in [-0.25, -0.2) is 0 Å². The van der Waals surface area contributed by atoms with Gasteiger partial charge in [-0.3, -0.25) is 4.79 Å². The molecule has 4 heteroatoms. The fraction of sp³-hybridized carbons (Fsp3) is 0.417. The molecule has 0 saturated carbocycles. The van der Waals surface area contributed by atoms with Crippen molar-refractivity contribution in [3.63, 3.8) is 0 Å². The van der Waals surface area contributed by atoms with Crippen LogP contribution >= 0.6 is 34.2 Å². The molecule has 0 aromatic heterocycles. The second kappa shape index (κ2) is 5.36. The van der Waals surface area contributed by atoms with Crippen molar-refractivity contribution in [3.8, 4) is 0 Å². The van der Waals surface area contributed by atoms with E-state index in [0.29, 0.717) is 5.88 Å². The zero-order chi connectivity index (χ0) is 11.5. The van der Waals surface area contributed by atoms with Gasteiger partial charge in [-0.15, -0.1) is 11.6 Å². The topological polar surface area (TPSA) is 20.3 Å². The first-order chi connectivity index (χ1) is 7.74. The highest BCUT2D eigenvalue weighted by Crippen LogP contribution is 2.22. The van der Waals surface area contributed by atoms with Crippen molar-refractivity contribution in [1.82, 2.24) is 4.90 Å². The van der Waals surface area contributed by atoms with Crippen LogP contribution < -0.4 is 0 Å². The zero-order valence-corrected chi connectivity index (χ0v) is 11.7. The van der Waals surface area contributed by atoms with Crippen LogP contribution in [0.25, 0.3) is 0 Å². The molecular weight excluding hydrogens is 336 g/mol. The minimum atomic E-state index is 0.119. The third kappa shape index (κ3) is 2.35. The van der Waals surface area contributed by atoms with Gasteiger partial charge in [0.05, 0.1) is 5.56 Å². The summed E-state index contributed by atoms with van der Waals surface area (Å²) < 4.78 is 1.00. The molecule has 0 spiro atoms. The summed E-state index contributed by atoms with van der Waals surface area (Å²) in [5.74, 6) is 0.656. The summed E-state index contributed by atoms with van der Waals surface area (Å²) in [5.41, 5.74) is 0.792. The van der Waals surface area contributed by atoms with E-state index in [4.69, 9.17) is 11.6 Å². The Hall–Kier alpha value is -0.290. The van der Waals surface area contributed by atoms with Crippen LogP contribution in [0.15, 0.2) is 24.3 Å². The summed E-state index contributed by atoms with van der Waals surface area (Å²) in [5, 5.41) is 0. The molecule has 1 heterocycles. The summed E-state index contributed by atoms with van der Waals surface area (Å²) in [4.78, 5) is 14.2. The Morgan fingerprint density at radius 3 is 2.94 bits per heavy atom. The SMILES string of the molecule is O=C(c1ccccc1I)N1CCCC1CCl. The van der Waals surface area contributed by atoms with E-state index in [0.717, 1.165) is 28.5 Å². The van der Waals surface area contributed by atoms with Crippen LogP contribution in [0.3, 0.4) is 0 Å². The molecule has 0 N–H and O–H groups in total. The lowest BCUT2D eigenvalue weighted by atomic mass is 10.2. The molecule has 86 valence electrons. The first kappa shape index (κ1) is 12.2. The Morgan fingerprint density at radius 1 is 1.50 bits per heavy atom. The number of alkyl halides is 1. The molecule has 0 aliphatic carbocycles. The maximum Gasteiger partial charge on any atom is 0.255 e. The van der Waals surface area contributed by atoms with Crippen molar-refractivity contribution in [2.24, 2.45) is 0 Å². The minimum Gasteiger partial charge on any atom is -0.334 e. The number of benzene rings is 1. The van der Waals surface area contributed by atoms with Gasteiger partial charge in [-0.2, -0.15) is 0 Å². The van der Waals surface area contributed by atoms with Gasteiger partial charge in [0.15, 0.2) is 0 Å². The number of nitrogens with zero attached hydrogens (tertiary/aromatic N) is 1. The summed E-state index contributed by atoms with van der Waals surface area (Å²) in [6.07, 6.45) is 2.09. The highest BCUT2D eigenvalue weighted by molar-refractivity contribution is 14.1. The van der Waals surface area contributed by atoms with E-state index in [-0.39, 0.29) is 11.9 Å². The largest absolute Gasteiger partial charge is 0.334 e. The molecule has 1 amide bonds. The third-order valence-corrected chi connectivity index (χ3v) is 4.22. The molecule has 0 radical (unpaired) electrons. The van der Waals surface area contributed by atoms with E-state index in [1.54, 1.807) is 0 Å². The normalized spacial score (nSPS) is 20.1. The van der Waals surface area contributed by atoms with Crippen LogP contribution in [0.1, 0.15) is 23.2 Å². The first-order valence-corrected chi connectivity index (χ1v) is 6.97. The molecule has 0 bridgehead atoms. The highest BCUT2D eigenvalue weighted by atomic mass is 127.